The predicted molar refractivity (Wildman–Crippen MR) is 102 cm³/mol. The maximum absolute atomic E-state index is 13.8. The molecule has 0 radical (unpaired) electrons. The Morgan fingerprint density at radius 3 is 2.70 bits per heavy atom. The fraction of sp³-hybridized carbons (Fsp3) is 0.0870. The number of rotatable bonds is 2. The summed E-state index contributed by atoms with van der Waals surface area (Å²) < 4.78 is 27.2. The quantitative estimate of drug-likeness (QED) is 0.679. The second kappa shape index (κ2) is 7.05. The number of nitriles is 1. The fourth-order valence-electron chi connectivity index (χ4n) is 3.39. The Hall–Kier alpha value is -3.45. The lowest BCUT2D eigenvalue weighted by Crippen LogP contribution is -2.20. The summed E-state index contributed by atoms with van der Waals surface area (Å²) in [6.07, 6.45) is 19.0. The number of halogens is 2. The van der Waals surface area contributed by atoms with Gasteiger partial charge in [-0.05, 0) is 59.4 Å². The van der Waals surface area contributed by atoms with Crippen molar-refractivity contribution in [3.63, 3.8) is 0 Å². The lowest BCUT2D eigenvalue weighted by molar-refractivity contribution is 0.508. The van der Waals surface area contributed by atoms with E-state index in [1.807, 2.05) is 53.6 Å². The van der Waals surface area contributed by atoms with Crippen LogP contribution in [0.3, 0.4) is 0 Å². The van der Waals surface area contributed by atoms with Crippen LogP contribution in [0.15, 0.2) is 95.5 Å². The first-order chi connectivity index (χ1) is 13.2. The zero-order valence-electron chi connectivity index (χ0n) is 14.5. The molecule has 0 spiro atoms. The molecule has 0 amide bonds. The van der Waals surface area contributed by atoms with E-state index in [9.17, 15) is 14.0 Å². The summed E-state index contributed by atoms with van der Waals surface area (Å²) in [6.45, 7) is 0. The van der Waals surface area contributed by atoms with Gasteiger partial charge in [-0.1, -0.05) is 42.5 Å². The molecule has 2 nitrogen and oxygen atoms in total. The number of fused-ring (bicyclic) bond motifs is 1. The minimum Gasteiger partial charge on any atom is -0.308 e. The number of hydrogen-bond donors (Lipinski definition) is 0. The van der Waals surface area contributed by atoms with Crippen LogP contribution in [0.5, 0.6) is 0 Å². The van der Waals surface area contributed by atoms with Gasteiger partial charge in [0, 0.05) is 11.9 Å². The standard InChI is InChI=1S/C23H16F2N2/c24-22-12-10-16(13-23(22)25)20-7-2-1-3-8-21(20)17-9-11-18-5-4-6-19(14-26)27(18)15-17/h1-3,5-6,8-13,15H,4,7H2. The van der Waals surface area contributed by atoms with Crippen LogP contribution in [0.1, 0.15) is 18.4 Å². The van der Waals surface area contributed by atoms with Crippen molar-refractivity contribution in [3.8, 4) is 6.07 Å². The van der Waals surface area contributed by atoms with E-state index < -0.39 is 11.6 Å². The second-order valence-electron chi connectivity index (χ2n) is 6.37. The molecule has 0 bridgehead atoms. The molecule has 2 heterocycles. The molecule has 0 N–H and O–H groups in total. The molecule has 1 aromatic rings. The SMILES string of the molecule is N#CC1=CCC=C2C=CC(C3=C(c4ccc(F)c(F)c4)CC=CC=C3)=CN12. The third kappa shape index (κ3) is 3.20. The van der Waals surface area contributed by atoms with Crippen molar-refractivity contribution in [1.29, 1.82) is 5.26 Å². The Morgan fingerprint density at radius 1 is 1.00 bits per heavy atom. The molecule has 0 atom stereocenters. The van der Waals surface area contributed by atoms with Gasteiger partial charge in [0.15, 0.2) is 11.6 Å². The molecule has 0 aromatic heterocycles. The highest BCUT2D eigenvalue weighted by molar-refractivity contribution is 5.78. The van der Waals surface area contributed by atoms with Crippen molar-refractivity contribution in [2.45, 2.75) is 12.8 Å². The van der Waals surface area contributed by atoms with Crippen LogP contribution in [0.4, 0.5) is 8.78 Å². The third-order valence-electron chi connectivity index (χ3n) is 4.73. The molecule has 4 heteroatoms. The van der Waals surface area contributed by atoms with Crippen LogP contribution in [-0.4, -0.2) is 4.90 Å². The van der Waals surface area contributed by atoms with Gasteiger partial charge in [0.1, 0.15) is 11.8 Å². The highest BCUT2D eigenvalue weighted by Gasteiger charge is 2.20. The van der Waals surface area contributed by atoms with E-state index in [0.29, 0.717) is 17.7 Å². The van der Waals surface area contributed by atoms with Crippen LogP contribution in [0.25, 0.3) is 5.57 Å². The molecule has 0 saturated carbocycles. The van der Waals surface area contributed by atoms with Gasteiger partial charge in [-0.2, -0.15) is 5.26 Å². The lowest BCUT2D eigenvalue weighted by atomic mass is 9.91. The molecule has 4 rings (SSSR count). The van der Waals surface area contributed by atoms with Crippen LogP contribution >= 0.6 is 0 Å². The Bertz CT molecular complexity index is 1060. The topological polar surface area (TPSA) is 27.0 Å². The highest BCUT2D eigenvalue weighted by atomic mass is 19.2. The predicted octanol–water partition coefficient (Wildman–Crippen LogP) is 5.69. The van der Waals surface area contributed by atoms with E-state index in [0.717, 1.165) is 34.9 Å². The zero-order valence-corrected chi connectivity index (χ0v) is 14.5. The number of benzene rings is 1. The second-order valence-corrected chi connectivity index (χ2v) is 6.37. The first-order valence-electron chi connectivity index (χ1n) is 8.69. The van der Waals surface area contributed by atoms with E-state index in [4.69, 9.17) is 0 Å². The van der Waals surface area contributed by atoms with E-state index >= 15 is 0 Å². The maximum atomic E-state index is 13.8. The number of hydrogen-bond acceptors (Lipinski definition) is 2. The van der Waals surface area contributed by atoms with E-state index in [-0.39, 0.29) is 0 Å². The molecule has 1 aliphatic carbocycles. The largest absolute Gasteiger partial charge is 0.308 e. The average molecular weight is 358 g/mol. The van der Waals surface area contributed by atoms with Gasteiger partial charge in [-0.25, -0.2) is 8.78 Å². The molecular weight excluding hydrogens is 342 g/mol. The van der Waals surface area contributed by atoms with Gasteiger partial charge in [0.2, 0.25) is 0 Å². The summed E-state index contributed by atoms with van der Waals surface area (Å²) in [5.74, 6) is -1.72. The summed E-state index contributed by atoms with van der Waals surface area (Å²) in [7, 11) is 0. The summed E-state index contributed by atoms with van der Waals surface area (Å²) in [5.41, 5.74) is 4.93. The summed E-state index contributed by atoms with van der Waals surface area (Å²) in [6, 6.07) is 6.21. The third-order valence-corrected chi connectivity index (χ3v) is 4.73. The first-order valence-corrected chi connectivity index (χ1v) is 8.69. The highest BCUT2D eigenvalue weighted by Crippen LogP contribution is 2.35. The van der Waals surface area contributed by atoms with Gasteiger partial charge < -0.3 is 4.90 Å². The number of allylic oxidation sites excluding steroid dienone is 12. The molecular formula is C23H16F2N2. The molecule has 3 aliphatic rings. The van der Waals surface area contributed by atoms with Crippen molar-refractivity contribution in [2.24, 2.45) is 0 Å². The Kier molecular flexibility index (Phi) is 4.43. The summed E-state index contributed by atoms with van der Waals surface area (Å²) >= 11 is 0. The summed E-state index contributed by atoms with van der Waals surface area (Å²) in [4.78, 5) is 1.86. The van der Waals surface area contributed by atoms with Gasteiger partial charge >= 0.3 is 0 Å². The smallest absolute Gasteiger partial charge is 0.159 e. The van der Waals surface area contributed by atoms with E-state index in [1.54, 1.807) is 6.07 Å². The fourth-order valence-corrected chi connectivity index (χ4v) is 3.39. The summed E-state index contributed by atoms with van der Waals surface area (Å²) in [5, 5.41) is 9.40. The van der Waals surface area contributed by atoms with Crippen LogP contribution in [0, 0.1) is 23.0 Å². The molecule has 27 heavy (non-hydrogen) atoms. The molecule has 0 unspecified atom stereocenters. The normalized spacial score (nSPS) is 18.4. The Morgan fingerprint density at radius 2 is 1.89 bits per heavy atom. The minimum absolute atomic E-state index is 0.583. The molecule has 2 aliphatic heterocycles. The Labute approximate surface area is 156 Å². The van der Waals surface area contributed by atoms with Crippen molar-refractivity contribution >= 4 is 5.57 Å². The van der Waals surface area contributed by atoms with Gasteiger partial charge in [0.25, 0.3) is 0 Å². The van der Waals surface area contributed by atoms with Crippen molar-refractivity contribution in [1.82, 2.24) is 4.90 Å². The van der Waals surface area contributed by atoms with Crippen molar-refractivity contribution in [2.75, 3.05) is 0 Å². The van der Waals surface area contributed by atoms with Crippen LogP contribution in [-0.2, 0) is 0 Å². The van der Waals surface area contributed by atoms with Crippen LogP contribution in [0.2, 0.25) is 0 Å². The van der Waals surface area contributed by atoms with Crippen molar-refractivity contribution < 1.29 is 8.78 Å². The van der Waals surface area contributed by atoms with Crippen LogP contribution < -0.4 is 0 Å². The minimum atomic E-state index is -0.860. The maximum Gasteiger partial charge on any atom is 0.159 e. The molecule has 0 fully saturated rings. The van der Waals surface area contributed by atoms with E-state index in [2.05, 4.69) is 12.1 Å². The average Bonchev–Trinajstić information content (AvgIpc) is 2.95. The lowest BCUT2D eigenvalue weighted by Gasteiger charge is -2.28. The molecule has 1 aromatic carbocycles. The monoisotopic (exact) mass is 358 g/mol. The zero-order chi connectivity index (χ0) is 18.8. The molecule has 0 saturated heterocycles. The molecule has 132 valence electrons. The Balaban J connectivity index is 1.83. The van der Waals surface area contributed by atoms with E-state index in [1.165, 1.54) is 6.07 Å². The van der Waals surface area contributed by atoms with Crippen molar-refractivity contribution in [3.05, 3.63) is 113 Å². The van der Waals surface area contributed by atoms with Gasteiger partial charge in [0.05, 0.1) is 0 Å². The number of nitrogens with zero attached hydrogens (tertiary/aromatic N) is 2. The van der Waals surface area contributed by atoms with Gasteiger partial charge in [-0.3, -0.25) is 0 Å². The first kappa shape index (κ1) is 17.0. The van der Waals surface area contributed by atoms with Gasteiger partial charge in [-0.15, -0.1) is 0 Å².